The summed E-state index contributed by atoms with van der Waals surface area (Å²) < 4.78 is 0. The molecule has 0 aliphatic carbocycles. The van der Waals surface area contributed by atoms with Gasteiger partial charge in [0.05, 0.1) is 0 Å². The zero-order chi connectivity index (χ0) is 9.80. The molecule has 0 saturated carbocycles. The lowest BCUT2D eigenvalue weighted by Gasteiger charge is -2.27. The minimum absolute atomic E-state index is 0.334. The zero-order valence-electron chi connectivity index (χ0n) is 8.24. The van der Waals surface area contributed by atoms with Gasteiger partial charge in [0.25, 0.3) is 0 Å². The van der Waals surface area contributed by atoms with Gasteiger partial charge in [-0.05, 0) is 30.5 Å². The summed E-state index contributed by atoms with van der Waals surface area (Å²) >= 11 is 0. The largest absolute Gasteiger partial charge is 0.508 e. The summed E-state index contributed by atoms with van der Waals surface area (Å²) in [5.41, 5.74) is 4.59. The first kappa shape index (κ1) is 9.49. The normalized spacial score (nSPS) is 18.3. The summed E-state index contributed by atoms with van der Waals surface area (Å²) in [5, 5.41) is 11.4. The highest BCUT2D eigenvalue weighted by Crippen LogP contribution is 2.12. The minimum Gasteiger partial charge on any atom is -0.508 e. The first-order valence-electron chi connectivity index (χ1n) is 5.11. The van der Waals surface area contributed by atoms with Crippen molar-refractivity contribution in [2.75, 3.05) is 13.1 Å². The predicted molar refractivity (Wildman–Crippen MR) is 55.8 cm³/mol. The molecule has 14 heavy (non-hydrogen) atoms. The van der Waals surface area contributed by atoms with Gasteiger partial charge in [0.1, 0.15) is 5.75 Å². The second-order valence-electron chi connectivity index (χ2n) is 3.70. The van der Waals surface area contributed by atoms with Crippen molar-refractivity contribution in [1.29, 1.82) is 0 Å². The van der Waals surface area contributed by atoms with E-state index >= 15 is 0 Å². The lowest BCUT2D eigenvalue weighted by Crippen LogP contribution is -2.42. The van der Waals surface area contributed by atoms with E-state index in [4.69, 9.17) is 5.11 Å². The Morgan fingerprint density at radius 3 is 2.64 bits per heavy atom. The van der Waals surface area contributed by atoms with Crippen LogP contribution in [0.2, 0.25) is 0 Å². The van der Waals surface area contributed by atoms with Gasteiger partial charge < -0.3 is 5.11 Å². The molecule has 2 rings (SSSR count). The fourth-order valence-electron chi connectivity index (χ4n) is 1.70. The van der Waals surface area contributed by atoms with Gasteiger partial charge in [-0.3, -0.25) is 5.43 Å². The monoisotopic (exact) mass is 192 g/mol. The van der Waals surface area contributed by atoms with Crippen LogP contribution in [0.5, 0.6) is 5.75 Å². The highest BCUT2D eigenvalue weighted by atomic mass is 16.3. The van der Waals surface area contributed by atoms with Crippen LogP contribution in [0.3, 0.4) is 0 Å². The maximum atomic E-state index is 9.13. The Kier molecular flexibility index (Phi) is 3.01. The average molecular weight is 192 g/mol. The van der Waals surface area contributed by atoms with Crippen LogP contribution in [0.15, 0.2) is 24.3 Å². The number of rotatable bonds is 2. The van der Waals surface area contributed by atoms with E-state index in [1.807, 2.05) is 12.1 Å². The van der Waals surface area contributed by atoms with Crippen molar-refractivity contribution >= 4 is 0 Å². The lowest BCUT2D eigenvalue weighted by molar-refractivity contribution is 0.144. The van der Waals surface area contributed by atoms with E-state index in [-0.39, 0.29) is 0 Å². The third kappa shape index (κ3) is 2.47. The Morgan fingerprint density at radius 1 is 1.21 bits per heavy atom. The van der Waals surface area contributed by atoms with Crippen LogP contribution < -0.4 is 5.43 Å². The smallest absolute Gasteiger partial charge is 0.115 e. The number of hydrogen-bond acceptors (Lipinski definition) is 3. The van der Waals surface area contributed by atoms with Crippen LogP contribution in [-0.2, 0) is 6.54 Å². The fraction of sp³-hybridized carbons (Fsp3) is 0.455. The van der Waals surface area contributed by atoms with Gasteiger partial charge in [-0.1, -0.05) is 12.1 Å². The number of nitrogens with zero attached hydrogens (tertiary/aromatic N) is 1. The molecule has 3 heteroatoms. The Bertz CT molecular complexity index is 278. The van der Waals surface area contributed by atoms with Crippen molar-refractivity contribution in [2.24, 2.45) is 0 Å². The molecule has 3 nitrogen and oxygen atoms in total. The second kappa shape index (κ2) is 4.44. The van der Waals surface area contributed by atoms with E-state index in [1.165, 1.54) is 18.4 Å². The van der Waals surface area contributed by atoms with Gasteiger partial charge >= 0.3 is 0 Å². The number of hydrogen-bond donors (Lipinski definition) is 2. The molecule has 2 N–H and O–H groups in total. The molecule has 0 amide bonds. The van der Waals surface area contributed by atoms with Crippen LogP contribution in [-0.4, -0.2) is 23.2 Å². The van der Waals surface area contributed by atoms with Crippen LogP contribution in [0.1, 0.15) is 18.4 Å². The topological polar surface area (TPSA) is 35.5 Å². The first-order valence-corrected chi connectivity index (χ1v) is 5.11. The second-order valence-corrected chi connectivity index (χ2v) is 3.70. The van der Waals surface area contributed by atoms with Crippen molar-refractivity contribution in [3.8, 4) is 5.75 Å². The summed E-state index contributed by atoms with van der Waals surface area (Å²) in [6.45, 7) is 3.11. The third-order valence-corrected chi connectivity index (χ3v) is 2.50. The van der Waals surface area contributed by atoms with Crippen LogP contribution in [0.4, 0.5) is 0 Å². The van der Waals surface area contributed by atoms with Gasteiger partial charge in [-0.15, -0.1) is 0 Å². The van der Waals surface area contributed by atoms with E-state index in [0.29, 0.717) is 5.75 Å². The molecule has 1 aliphatic heterocycles. The summed E-state index contributed by atoms with van der Waals surface area (Å²) in [6, 6.07) is 7.40. The Morgan fingerprint density at radius 2 is 2.00 bits per heavy atom. The molecular formula is C11H16N2O. The molecule has 1 saturated heterocycles. The molecule has 1 fully saturated rings. The van der Waals surface area contributed by atoms with Crippen LogP contribution in [0.25, 0.3) is 0 Å². The van der Waals surface area contributed by atoms with Crippen molar-refractivity contribution in [3.05, 3.63) is 29.8 Å². The van der Waals surface area contributed by atoms with Gasteiger partial charge in [-0.25, -0.2) is 5.01 Å². The molecular weight excluding hydrogens is 176 g/mol. The quantitative estimate of drug-likeness (QED) is 0.745. The van der Waals surface area contributed by atoms with Crippen molar-refractivity contribution < 1.29 is 5.11 Å². The molecule has 0 bridgehead atoms. The standard InChI is InChI=1S/C11H16N2O/c14-11-5-3-10(4-6-11)9-13-8-2-1-7-12-13/h3-6,12,14H,1-2,7-9H2. The molecule has 0 atom stereocenters. The number of phenolic OH excluding ortho intramolecular Hbond substituents is 1. The number of hydrazine groups is 1. The third-order valence-electron chi connectivity index (χ3n) is 2.50. The molecule has 1 aliphatic rings. The Balaban J connectivity index is 1.92. The van der Waals surface area contributed by atoms with E-state index in [1.54, 1.807) is 12.1 Å². The van der Waals surface area contributed by atoms with Crippen molar-refractivity contribution in [1.82, 2.24) is 10.4 Å². The molecule has 0 radical (unpaired) electrons. The highest BCUT2D eigenvalue weighted by molar-refractivity contribution is 5.25. The van der Waals surface area contributed by atoms with E-state index < -0.39 is 0 Å². The number of nitrogens with one attached hydrogen (secondary N) is 1. The van der Waals surface area contributed by atoms with Crippen LogP contribution >= 0.6 is 0 Å². The summed E-state index contributed by atoms with van der Waals surface area (Å²) in [7, 11) is 0. The zero-order valence-corrected chi connectivity index (χ0v) is 8.24. The first-order chi connectivity index (χ1) is 6.84. The highest BCUT2D eigenvalue weighted by Gasteiger charge is 2.08. The molecule has 1 aromatic rings. The van der Waals surface area contributed by atoms with Crippen molar-refractivity contribution in [3.63, 3.8) is 0 Å². The molecule has 0 aromatic heterocycles. The summed E-state index contributed by atoms with van der Waals surface area (Å²) in [4.78, 5) is 0. The van der Waals surface area contributed by atoms with E-state index in [9.17, 15) is 0 Å². The predicted octanol–water partition coefficient (Wildman–Crippen LogP) is 1.49. The molecule has 76 valence electrons. The molecule has 0 spiro atoms. The van der Waals surface area contributed by atoms with Gasteiger partial charge in [0, 0.05) is 19.6 Å². The fourth-order valence-corrected chi connectivity index (χ4v) is 1.70. The molecule has 1 aromatic carbocycles. The van der Waals surface area contributed by atoms with E-state index in [2.05, 4.69) is 10.4 Å². The van der Waals surface area contributed by atoms with Gasteiger partial charge in [0.2, 0.25) is 0 Å². The SMILES string of the molecule is Oc1ccc(CN2CCCCN2)cc1. The lowest BCUT2D eigenvalue weighted by atomic mass is 10.2. The van der Waals surface area contributed by atoms with Gasteiger partial charge in [-0.2, -0.15) is 0 Å². The van der Waals surface area contributed by atoms with E-state index in [0.717, 1.165) is 19.6 Å². The average Bonchev–Trinajstić information content (AvgIpc) is 2.23. The summed E-state index contributed by atoms with van der Waals surface area (Å²) in [6.07, 6.45) is 2.54. The maximum absolute atomic E-state index is 9.13. The number of benzene rings is 1. The Labute approximate surface area is 84.3 Å². The number of aromatic hydroxyl groups is 1. The molecule has 0 unspecified atom stereocenters. The molecule has 1 heterocycles. The van der Waals surface area contributed by atoms with Crippen LogP contribution in [0, 0.1) is 0 Å². The minimum atomic E-state index is 0.334. The summed E-state index contributed by atoms with van der Waals surface area (Å²) in [5.74, 6) is 0.334. The Hall–Kier alpha value is -1.06. The van der Waals surface area contributed by atoms with Crippen molar-refractivity contribution in [2.45, 2.75) is 19.4 Å². The maximum Gasteiger partial charge on any atom is 0.115 e. The van der Waals surface area contributed by atoms with Gasteiger partial charge in [0.15, 0.2) is 0 Å². The number of phenols is 1.